The van der Waals surface area contributed by atoms with E-state index in [1.54, 1.807) is 0 Å². The van der Waals surface area contributed by atoms with Gasteiger partial charge in [-0.3, -0.25) is 0 Å². The Morgan fingerprint density at radius 3 is 2.03 bits per heavy atom. The van der Waals surface area contributed by atoms with Gasteiger partial charge in [-0.05, 0) is 60.1 Å². The van der Waals surface area contributed by atoms with Crippen LogP contribution in [0.25, 0.3) is 0 Å². The molecular formula is C27H38N2. The summed E-state index contributed by atoms with van der Waals surface area (Å²) in [5.41, 5.74) is 3.41. The van der Waals surface area contributed by atoms with Crippen molar-refractivity contribution in [2.24, 2.45) is 23.2 Å². The largest absolute Gasteiger partial charge is 0.315 e. The first-order chi connectivity index (χ1) is 14.1. The highest BCUT2D eigenvalue weighted by Gasteiger charge is 2.55. The molecule has 0 aliphatic heterocycles. The van der Waals surface area contributed by atoms with Gasteiger partial charge in [-0.2, -0.15) is 0 Å². The zero-order valence-electron chi connectivity index (χ0n) is 18.4. The lowest BCUT2D eigenvalue weighted by Crippen LogP contribution is -2.60. The normalized spacial score (nSPS) is 27.6. The fraction of sp³-hybridized carbons (Fsp3) is 0.556. The number of hydrogen-bond acceptors (Lipinski definition) is 2. The molecule has 5 rings (SSSR count). The number of fused-ring (bicyclic) bond motifs is 2. The number of nitrogens with one attached hydrogen (secondary N) is 2. The minimum absolute atomic E-state index is 0.463. The summed E-state index contributed by atoms with van der Waals surface area (Å²) in [6.07, 6.45) is 3.96. The fourth-order valence-electron chi connectivity index (χ4n) is 6.03. The van der Waals surface area contributed by atoms with Crippen molar-refractivity contribution in [1.82, 2.24) is 10.6 Å². The van der Waals surface area contributed by atoms with Crippen molar-refractivity contribution >= 4 is 0 Å². The van der Waals surface area contributed by atoms with Crippen molar-refractivity contribution in [1.29, 1.82) is 0 Å². The summed E-state index contributed by atoms with van der Waals surface area (Å²) in [5, 5.41) is 7.54. The second kappa shape index (κ2) is 9.02. The highest BCUT2D eigenvalue weighted by atomic mass is 15.0. The first kappa shape index (κ1) is 20.6. The van der Waals surface area contributed by atoms with Gasteiger partial charge in [-0.15, -0.1) is 0 Å². The molecule has 0 saturated heterocycles. The van der Waals surface area contributed by atoms with Crippen molar-refractivity contribution in [3.05, 3.63) is 71.8 Å². The lowest BCUT2D eigenvalue weighted by Gasteiger charge is -2.62. The third-order valence-electron chi connectivity index (χ3n) is 8.08. The van der Waals surface area contributed by atoms with E-state index in [0.29, 0.717) is 11.3 Å². The highest BCUT2D eigenvalue weighted by Crippen LogP contribution is 2.61. The predicted octanol–water partition coefficient (Wildman–Crippen LogP) is 5.46. The van der Waals surface area contributed by atoms with Gasteiger partial charge >= 0.3 is 0 Å². The van der Waals surface area contributed by atoms with Crippen molar-refractivity contribution in [2.45, 2.75) is 52.0 Å². The van der Waals surface area contributed by atoms with Gasteiger partial charge in [0.25, 0.3) is 0 Å². The molecule has 2 bridgehead atoms. The molecule has 3 fully saturated rings. The molecule has 3 aliphatic rings. The third kappa shape index (κ3) is 4.44. The average Bonchev–Trinajstić information content (AvgIpc) is 2.75. The molecule has 3 aliphatic carbocycles. The van der Waals surface area contributed by atoms with Crippen LogP contribution in [-0.4, -0.2) is 25.7 Å². The Morgan fingerprint density at radius 2 is 1.48 bits per heavy atom. The molecule has 29 heavy (non-hydrogen) atoms. The summed E-state index contributed by atoms with van der Waals surface area (Å²) in [7, 11) is 0. The van der Waals surface area contributed by atoms with Gasteiger partial charge in [-0.1, -0.05) is 81.4 Å². The molecule has 0 heterocycles. The molecular weight excluding hydrogens is 352 g/mol. The Labute approximate surface area is 177 Å². The first-order valence-corrected chi connectivity index (χ1v) is 11.6. The molecule has 0 aromatic heterocycles. The molecule has 0 radical (unpaired) electrons. The van der Waals surface area contributed by atoms with Crippen LogP contribution < -0.4 is 10.6 Å². The highest BCUT2D eigenvalue weighted by molar-refractivity contribution is 5.32. The molecule has 0 spiro atoms. The van der Waals surface area contributed by atoms with Gasteiger partial charge in [0.1, 0.15) is 0 Å². The monoisotopic (exact) mass is 390 g/mol. The average molecular weight is 391 g/mol. The van der Waals surface area contributed by atoms with Crippen molar-refractivity contribution < 1.29 is 0 Å². The molecule has 2 aromatic rings. The number of hydrogen-bond donors (Lipinski definition) is 2. The lowest BCUT2D eigenvalue weighted by molar-refractivity contribution is -0.114. The molecule has 156 valence electrons. The summed E-state index contributed by atoms with van der Waals surface area (Å²) < 4.78 is 0. The van der Waals surface area contributed by atoms with Crippen molar-refractivity contribution in [3.8, 4) is 0 Å². The van der Waals surface area contributed by atoms with Crippen molar-refractivity contribution in [2.75, 3.05) is 19.6 Å². The molecule has 0 amide bonds. The Balaban J connectivity index is 1.21. The minimum Gasteiger partial charge on any atom is -0.315 e. The second-order valence-corrected chi connectivity index (χ2v) is 9.93. The van der Waals surface area contributed by atoms with Gasteiger partial charge in [0.2, 0.25) is 0 Å². The standard InChI is InChI=1S/C27H38N2/c1-20-25-18-23(27(25,2)3)19-26(20)29-17-16-28-15-14-24(21-10-6-4-7-11-21)22-12-8-5-9-13-22/h4-13,20,23-26,28-29H,14-19H2,1-3H3/t20-,23+,25-,26-/m1/s1. The van der Waals surface area contributed by atoms with Crippen LogP contribution in [0.15, 0.2) is 60.7 Å². The van der Waals surface area contributed by atoms with Crippen LogP contribution in [0.1, 0.15) is 57.1 Å². The number of rotatable bonds is 9. The van der Waals surface area contributed by atoms with E-state index >= 15 is 0 Å². The zero-order valence-corrected chi connectivity index (χ0v) is 18.4. The van der Waals surface area contributed by atoms with Crippen molar-refractivity contribution in [3.63, 3.8) is 0 Å². The SMILES string of the molecule is C[C@@H]1[C@H]2C[C@@H](C[C@H]1NCCNCCC(c1ccccc1)c1ccccc1)C2(C)C. The molecule has 4 atom stereocenters. The van der Waals surface area contributed by atoms with Crippen LogP contribution in [0.2, 0.25) is 0 Å². The fourth-order valence-corrected chi connectivity index (χ4v) is 6.03. The van der Waals surface area contributed by atoms with Crippen LogP contribution in [0.4, 0.5) is 0 Å². The van der Waals surface area contributed by atoms with E-state index in [-0.39, 0.29) is 0 Å². The zero-order chi connectivity index (χ0) is 20.3. The van der Waals surface area contributed by atoms with E-state index in [0.717, 1.165) is 49.9 Å². The quantitative estimate of drug-likeness (QED) is 0.556. The van der Waals surface area contributed by atoms with E-state index in [1.165, 1.54) is 24.0 Å². The maximum Gasteiger partial charge on any atom is 0.0101 e. The van der Waals surface area contributed by atoms with E-state index in [1.807, 2.05) is 0 Å². The van der Waals surface area contributed by atoms with E-state index in [9.17, 15) is 0 Å². The van der Waals surface area contributed by atoms with E-state index < -0.39 is 0 Å². The Bertz CT molecular complexity index is 715. The molecule has 3 saturated carbocycles. The molecule has 2 aromatic carbocycles. The maximum absolute atomic E-state index is 3.86. The second-order valence-electron chi connectivity index (χ2n) is 9.93. The molecule has 2 heteroatoms. The van der Waals surface area contributed by atoms with Crippen LogP contribution in [-0.2, 0) is 0 Å². The van der Waals surface area contributed by atoms with Crippen LogP contribution in [0.3, 0.4) is 0 Å². The van der Waals surface area contributed by atoms with E-state index in [2.05, 4.69) is 92.1 Å². The summed E-state index contributed by atoms with van der Waals surface area (Å²) in [5.74, 6) is 3.14. The van der Waals surface area contributed by atoms with Gasteiger partial charge in [0, 0.05) is 25.0 Å². The van der Waals surface area contributed by atoms with Gasteiger partial charge in [0.15, 0.2) is 0 Å². The summed E-state index contributed by atoms with van der Waals surface area (Å²) in [4.78, 5) is 0. The van der Waals surface area contributed by atoms with Crippen LogP contribution in [0.5, 0.6) is 0 Å². The van der Waals surface area contributed by atoms with Gasteiger partial charge in [-0.25, -0.2) is 0 Å². The van der Waals surface area contributed by atoms with E-state index in [4.69, 9.17) is 0 Å². The summed E-state index contributed by atoms with van der Waals surface area (Å²) in [6.45, 7) is 10.6. The minimum atomic E-state index is 0.463. The first-order valence-electron chi connectivity index (χ1n) is 11.6. The topological polar surface area (TPSA) is 24.1 Å². The molecule has 0 unspecified atom stereocenters. The Morgan fingerprint density at radius 1 is 0.862 bits per heavy atom. The summed E-state index contributed by atoms with van der Waals surface area (Å²) in [6, 6.07) is 22.6. The maximum atomic E-state index is 3.86. The van der Waals surface area contributed by atoms with Gasteiger partial charge < -0.3 is 10.6 Å². The Hall–Kier alpha value is -1.64. The van der Waals surface area contributed by atoms with Crippen LogP contribution >= 0.6 is 0 Å². The Kier molecular flexibility index (Phi) is 6.41. The third-order valence-corrected chi connectivity index (χ3v) is 8.08. The number of benzene rings is 2. The predicted molar refractivity (Wildman–Crippen MR) is 123 cm³/mol. The molecule has 2 N–H and O–H groups in total. The molecule has 2 nitrogen and oxygen atoms in total. The van der Waals surface area contributed by atoms with Gasteiger partial charge in [0.05, 0.1) is 0 Å². The smallest absolute Gasteiger partial charge is 0.0101 e. The summed E-state index contributed by atoms with van der Waals surface area (Å²) >= 11 is 0. The lowest BCUT2D eigenvalue weighted by atomic mass is 9.45. The van der Waals surface area contributed by atoms with Crippen LogP contribution in [0, 0.1) is 23.2 Å².